The summed E-state index contributed by atoms with van der Waals surface area (Å²) in [5.41, 5.74) is 6.40. The highest BCUT2D eigenvalue weighted by atomic mass is 32.2. The van der Waals surface area contributed by atoms with Crippen LogP contribution in [-0.2, 0) is 22.0 Å². The van der Waals surface area contributed by atoms with E-state index >= 15 is 0 Å². The molecule has 0 aliphatic heterocycles. The lowest BCUT2D eigenvalue weighted by Crippen LogP contribution is -2.27. The number of benzene rings is 1. The summed E-state index contributed by atoms with van der Waals surface area (Å²) in [6, 6.07) is 9.39. The van der Waals surface area contributed by atoms with Crippen molar-refractivity contribution in [3.8, 4) is 0 Å². The van der Waals surface area contributed by atoms with Crippen LogP contribution in [0, 0.1) is 0 Å². The van der Waals surface area contributed by atoms with Crippen LogP contribution in [0.4, 0.5) is 0 Å². The zero-order valence-electron chi connectivity index (χ0n) is 6.92. The molecule has 0 saturated heterocycles. The predicted molar refractivity (Wildman–Crippen MR) is 50.0 cm³/mol. The van der Waals surface area contributed by atoms with Crippen LogP contribution in [0.3, 0.4) is 0 Å². The van der Waals surface area contributed by atoms with Crippen molar-refractivity contribution in [1.82, 2.24) is 0 Å². The van der Waals surface area contributed by atoms with Crippen molar-refractivity contribution >= 4 is 11.4 Å². The van der Waals surface area contributed by atoms with E-state index in [1.807, 2.05) is 30.3 Å². The minimum atomic E-state index is -2.29. The highest BCUT2D eigenvalue weighted by Crippen LogP contribution is 2.02. The molecule has 4 nitrogen and oxygen atoms in total. The van der Waals surface area contributed by atoms with E-state index in [0.717, 1.165) is 5.56 Å². The molecule has 0 bridgehead atoms. The summed E-state index contributed by atoms with van der Waals surface area (Å²) < 4.78 is 23.0. The molecule has 2 atom stereocenters. The molecule has 0 amide bonds. The van der Waals surface area contributed by atoms with Gasteiger partial charge in [0, 0.05) is 6.42 Å². The smallest absolute Gasteiger partial charge is 0.303 e. The fraction of sp³-hybridized carbons (Fsp3) is 0.250. The Morgan fingerprint density at radius 2 is 2.08 bits per heavy atom. The monoisotopic (exact) mass is 201 g/mol. The zero-order chi connectivity index (χ0) is 9.68. The lowest BCUT2D eigenvalue weighted by molar-refractivity contribution is 0.211. The van der Waals surface area contributed by atoms with Gasteiger partial charge >= 0.3 is 11.4 Å². The SMILES string of the molecule is NC(Cc1ccccc1)OS(=O)O. The van der Waals surface area contributed by atoms with Gasteiger partial charge in [-0.15, -0.1) is 0 Å². The molecule has 2 unspecified atom stereocenters. The largest absolute Gasteiger partial charge is 0.305 e. The molecule has 3 N–H and O–H groups in total. The molecule has 1 aromatic carbocycles. The maximum absolute atomic E-state index is 10.2. The predicted octanol–water partition coefficient (Wildman–Crippen LogP) is 0.667. The summed E-state index contributed by atoms with van der Waals surface area (Å²) >= 11 is -2.29. The van der Waals surface area contributed by atoms with Gasteiger partial charge in [-0.3, -0.25) is 4.55 Å². The third kappa shape index (κ3) is 4.14. The topological polar surface area (TPSA) is 72.5 Å². The molecule has 0 fully saturated rings. The summed E-state index contributed by atoms with van der Waals surface area (Å²) in [4.78, 5) is 0. The van der Waals surface area contributed by atoms with Crippen LogP contribution in [0.5, 0.6) is 0 Å². The van der Waals surface area contributed by atoms with Crippen LogP contribution in [0.15, 0.2) is 30.3 Å². The minimum absolute atomic E-state index is 0.424. The van der Waals surface area contributed by atoms with Crippen molar-refractivity contribution in [2.24, 2.45) is 5.73 Å². The van der Waals surface area contributed by atoms with Gasteiger partial charge < -0.3 is 5.73 Å². The van der Waals surface area contributed by atoms with Gasteiger partial charge in [-0.1, -0.05) is 30.3 Å². The highest BCUT2D eigenvalue weighted by Gasteiger charge is 2.06. The molecule has 0 heterocycles. The molecule has 13 heavy (non-hydrogen) atoms. The Bertz CT molecular complexity index is 278. The number of nitrogens with two attached hydrogens (primary N) is 1. The molecule has 1 rings (SSSR count). The van der Waals surface area contributed by atoms with Crippen molar-refractivity contribution in [3.63, 3.8) is 0 Å². The fourth-order valence-corrected chi connectivity index (χ4v) is 1.27. The quantitative estimate of drug-likeness (QED) is 0.554. The van der Waals surface area contributed by atoms with Crippen molar-refractivity contribution in [2.75, 3.05) is 0 Å². The lowest BCUT2D eigenvalue weighted by atomic mass is 10.1. The van der Waals surface area contributed by atoms with E-state index in [4.69, 9.17) is 10.3 Å². The van der Waals surface area contributed by atoms with E-state index in [2.05, 4.69) is 4.18 Å². The van der Waals surface area contributed by atoms with E-state index in [9.17, 15) is 4.21 Å². The Hall–Kier alpha value is -0.750. The summed E-state index contributed by atoms with van der Waals surface area (Å²) in [5.74, 6) is 0. The second kappa shape index (κ2) is 5.08. The Morgan fingerprint density at radius 3 is 2.62 bits per heavy atom. The first kappa shape index (κ1) is 10.3. The van der Waals surface area contributed by atoms with E-state index in [0.29, 0.717) is 6.42 Å². The van der Waals surface area contributed by atoms with Crippen LogP contribution in [0.25, 0.3) is 0 Å². The van der Waals surface area contributed by atoms with Crippen molar-refractivity contribution in [1.29, 1.82) is 0 Å². The van der Waals surface area contributed by atoms with Gasteiger partial charge in [0.15, 0.2) is 0 Å². The van der Waals surface area contributed by atoms with Crippen molar-refractivity contribution < 1.29 is 12.9 Å². The molecule has 0 aliphatic carbocycles. The van der Waals surface area contributed by atoms with Gasteiger partial charge in [-0.25, -0.2) is 4.18 Å². The maximum Gasteiger partial charge on any atom is 0.303 e. The molecule has 1 aromatic rings. The van der Waals surface area contributed by atoms with E-state index < -0.39 is 17.6 Å². The Balaban J connectivity index is 2.45. The highest BCUT2D eigenvalue weighted by molar-refractivity contribution is 7.74. The van der Waals surface area contributed by atoms with Crippen molar-refractivity contribution in [2.45, 2.75) is 12.6 Å². The van der Waals surface area contributed by atoms with Crippen LogP contribution < -0.4 is 5.73 Å². The van der Waals surface area contributed by atoms with Crippen molar-refractivity contribution in [3.05, 3.63) is 35.9 Å². The standard InChI is InChI=1S/C8H11NO3S/c9-8(12-13(10)11)6-7-4-2-1-3-5-7/h1-5,8H,6,9H2,(H,10,11). The number of rotatable bonds is 4. The fourth-order valence-electron chi connectivity index (χ4n) is 0.986. The lowest BCUT2D eigenvalue weighted by Gasteiger charge is -2.08. The van der Waals surface area contributed by atoms with Gasteiger partial charge in [-0.05, 0) is 5.56 Å². The molecule has 0 aliphatic rings. The zero-order valence-corrected chi connectivity index (χ0v) is 7.74. The summed E-state index contributed by atoms with van der Waals surface area (Å²) in [7, 11) is 0. The summed E-state index contributed by atoms with van der Waals surface area (Å²) in [5, 5.41) is 0. The first-order valence-corrected chi connectivity index (χ1v) is 4.79. The molecule has 0 saturated carbocycles. The molecular weight excluding hydrogens is 190 g/mol. The van der Waals surface area contributed by atoms with Gasteiger partial charge in [-0.2, -0.15) is 4.21 Å². The van der Waals surface area contributed by atoms with Crippen LogP contribution in [0.1, 0.15) is 5.56 Å². The van der Waals surface area contributed by atoms with E-state index in [-0.39, 0.29) is 0 Å². The molecular formula is C8H11NO3S. The van der Waals surface area contributed by atoms with Gasteiger partial charge in [0.25, 0.3) is 0 Å². The second-order valence-electron chi connectivity index (χ2n) is 2.54. The average molecular weight is 201 g/mol. The molecule has 5 heteroatoms. The Morgan fingerprint density at radius 1 is 1.46 bits per heavy atom. The Kier molecular flexibility index (Phi) is 4.04. The second-order valence-corrected chi connectivity index (χ2v) is 3.17. The third-order valence-corrected chi connectivity index (χ3v) is 1.90. The minimum Gasteiger partial charge on any atom is -0.305 e. The van der Waals surface area contributed by atoms with Crippen LogP contribution in [-0.4, -0.2) is 15.0 Å². The Labute approximate surface area is 79.2 Å². The van der Waals surface area contributed by atoms with E-state index in [1.165, 1.54) is 0 Å². The van der Waals surface area contributed by atoms with Gasteiger partial charge in [0.05, 0.1) is 0 Å². The molecule has 0 radical (unpaired) electrons. The van der Waals surface area contributed by atoms with Crippen LogP contribution in [0.2, 0.25) is 0 Å². The summed E-state index contributed by atoms with van der Waals surface area (Å²) in [6.07, 6.45) is -0.319. The van der Waals surface area contributed by atoms with Crippen LogP contribution >= 0.6 is 0 Å². The number of hydrogen-bond acceptors (Lipinski definition) is 3. The summed E-state index contributed by atoms with van der Waals surface area (Å²) in [6.45, 7) is 0. The van der Waals surface area contributed by atoms with Gasteiger partial charge in [0.2, 0.25) is 0 Å². The molecule has 72 valence electrons. The molecule has 0 spiro atoms. The van der Waals surface area contributed by atoms with E-state index in [1.54, 1.807) is 0 Å². The van der Waals surface area contributed by atoms with Gasteiger partial charge in [0.1, 0.15) is 6.23 Å². The average Bonchev–Trinajstić information content (AvgIpc) is 2.04. The molecule has 0 aromatic heterocycles. The maximum atomic E-state index is 10.2. The normalized spacial score (nSPS) is 15.2. The number of hydrogen-bond donors (Lipinski definition) is 2. The first-order chi connectivity index (χ1) is 6.18. The third-order valence-electron chi connectivity index (χ3n) is 1.49. The first-order valence-electron chi connectivity index (χ1n) is 3.76.